The number of aromatic amines is 1. The molecule has 4 rings (SSSR count). The molecule has 0 spiro atoms. The van der Waals surface area contributed by atoms with Crippen LogP contribution in [0, 0.1) is 11.6 Å². The Morgan fingerprint density at radius 3 is 2.92 bits per heavy atom. The maximum atomic E-state index is 13.7. The first-order valence-corrected chi connectivity index (χ1v) is 7.22. The van der Waals surface area contributed by atoms with E-state index in [2.05, 4.69) is 25.6 Å². The summed E-state index contributed by atoms with van der Waals surface area (Å²) in [6, 6.07) is 5.08. The first-order valence-electron chi connectivity index (χ1n) is 7.22. The van der Waals surface area contributed by atoms with Gasteiger partial charge in [0, 0.05) is 35.6 Å². The van der Waals surface area contributed by atoms with Gasteiger partial charge in [0.05, 0.1) is 12.4 Å². The lowest BCUT2D eigenvalue weighted by atomic mass is 10.2. The average Bonchev–Trinajstić information content (AvgIpc) is 3.24. The maximum absolute atomic E-state index is 13.7. The molecule has 6 nitrogen and oxygen atoms in total. The van der Waals surface area contributed by atoms with Gasteiger partial charge in [-0.1, -0.05) is 0 Å². The number of H-pyrrole nitrogens is 1. The molecule has 3 aromatic heterocycles. The number of hydrogen-bond donors (Lipinski definition) is 2. The zero-order valence-electron chi connectivity index (χ0n) is 12.4. The first kappa shape index (κ1) is 14.3. The van der Waals surface area contributed by atoms with Crippen LogP contribution in [0.25, 0.3) is 16.8 Å². The molecule has 0 fully saturated rings. The minimum Gasteiger partial charge on any atom is -0.366 e. The van der Waals surface area contributed by atoms with E-state index in [0.717, 1.165) is 29.3 Å². The number of benzene rings is 1. The van der Waals surface area contributed by atoms with Crippen LogP contribution in [-0.2, 0) is 6.54 Å². The minimum atomic E-state index is -0.477. The van der Waals surface area contributed by atoms with Crippen molar-refractivity contribution in [2.45, 2.75) is 6.54 Å². The van der Waals surface area contributed by atoms with E-state index in [1.54, 1.807) is 35.4 Å². The number of hydrogen-bond acceptors (Lipinski definition) is 4. The van der Waals surface area contributed by atoms with Gasteiger partial charge in [0.25, 0.3) is 0 Å². The number of fused-ring (bicyclic) bond motifs is 1. The van der Waals surface area contributed by atoms with E-state index in [-0.39, 0.29) is 12.1 Å². The Bertz CT molecular complexity index is 993. The molecule has 0 aliphatic heterocycles. The molecule has 4 aromatic rings. The second-order valence-corrected chi connectivity index (χ2v) is 5.22. The number of anilines is 1. The summed E-state index contributed by atoms with van der Waals surface area (Å²) in [4.78, 5) is 4.49. The molecule has 0 amide bonds. The van der Waals surface area contributed by atoms with Crippen LogP contribution in [0.1, 0.15) is 5.56 Å². The lowest BCUT2D eigenvalue weighted by molar-refractivity contribution is 0.587. The van der Waals surface area contributed by atoms with Gasteiger partial charge in [0.15, 0.2) is 5.65 Å². The normalized spacial score (nSPS) is 11.1. The molecular formula is C16H12F2N6. The lowest BCUT2D eigenvalue weighted by Gasteiger charge is -2.07. The smallest absolute Gasteiger partial charge is 0.165 e. The predicted octanol–water partition coefficient (Wildman–Crippen LogP) is 3.01. The van der Waals surface area contributed by atoms with Crippen LogP contribution >= 0.6 is 0 Å². The van der Waals surface area contributed by atoms with Crippen LogP contribution in [-0.4, -0.2) is 24.8 Å². The standard InChI is InChI=1S/C16H12F2N6/c17-12-1-2-14(18)10(5-12)6-19-15-3-4-24-16(23-15)13(9-22-24)11-7-20-21-8-11/h1-5,7-9H,6H2,(H,19,23)(H,20,21). The second kappa shape index (κ2) is 5.73. The van der Waals surface area contributed by atoms with Crippen molar-refractivity contribution >= 4 is 11.5 Å². The highest BCUT2D eigenvalue weighted by atomic mass is 19.1. The molecule has 0 atom stereocenters. The molecule has 120 valence electrons. The second-order valence-electron chi connectivity index (χ2n) is 5.22. The maximum Gasteiger partial charge on any atom is 0.165 e. The molecule has 0 saturated heterocycles. The molecule has 8 heteroatoms. The van der Waals surface area contributed by atoms with Crippen molar-refractivity contribution in [1.29, 1.82) is 0 Å². The van der Waals surface area contributed by atoms with Crippen molar-refractivity contribution in [3.63, 3.8) is 0 Å². The molecule has 24 heavy (non-hydrogen) atoms. The summed E-state index contributed by atoms with van der Waals surface area (Å²) in [5, 5.41) is 13.9. The molecule has 0 aliphatic rings. The summed E-state index contributed by atoms with van der Waals surface area (Å²) in [5.41, 5.74) is 2.57. The van der Waals surface area contributed by atoms with Gasteiger partial charge >= 0.3 is 0 Å². The summed E-state index contributed by atoms with van der Waals surface area (Å²) in [6.45, 7) is 0.127. The number of halogens is 2. The molecule has 3 heterocycles. The van der Waals surface area contributed by atoms with Crippen molar-refractivity contribution in [1.82, 2.24) is 24.8 Å². The molecule has 2 N–H and O–H groups in total. The monoisotopic (exact) mass is 326 g/mol. The Labute approximate surface area is 135 Å². The van der Waals surface area contributed by atoms with Gasteiger partial charge in [-0.25, -0.2) is 18.3 Å². The zero-order chi connectivity index (χ0) is 16.5. The summed E-state index contributed by atoms with van der Waals surface area (Å²) < 4.78 is 28.5. The largest absolute Gasteiger partial charge is 0.366 e. The van der Waals surface area contributed by atoms with Crippen LogP contribution in [0.4, 0.5) is 14.6 Å². The molecule has 0 bridgehead atoms. The van der Waals surface area contributed by atoms with Gasteiger partial charge in [-0.05, 0) is 24.3 Å². The van der Waals surface area contributed by atoms with Crippen molar-refractivity contribution in [3.8, 4) is 11.1 Å². The molecule has 1 aromatic carbocycles. The Balaban J connectivity index is 1.63. The molecule has 0 saturated carbocycles. The van der Waals surface area contributed by atoms with Crippen LogP contribution in [0.5, 0.6) is 0 Å². The van der Waals surface area contributed by atoms with Gasteiger partial charge < -0.3 is 5.32 Å². The van der Waals surface area contributed by atoms with Gasteiger partial charge in [-0.2, -0.15) is 10.2 Å². The molecule has 0 unspecified atom stereocenters. The zero-order valence-corrected chi connectivity index (χ0v) is 12.4. The fourth-order valence-electron chi connectivity index (χ4n) is 2.43. The predicted molar refractivity (Wildman–Crippen MR) is 84.3 cm³/mol. The summed E-state index contributed by atoms with van der Waals surface area (Å²) in [6.07, 6.45) is 6.88. The van der Waals surface area contributed by atoms with Crippen LogP contribution in [0.3, 0.4) is 0 Å². The quantitative estimate of drug-likeness (QED) is 0.605. The summed E-state index contributed by atoms with van der Waals surface area (Å²) >= 11 is 0. The Morgan fingerprint density at radius 2 is 2.08 bits per heavy atom. The van der Waals surface area contributed by atoms with Crippen molar-refractivity contribution < 1.29 is 8.78 Å². The third-order valence-electron chi connectivity index (χ3n) is 3.65. The molecular weight excluding hydrogens is 314 g/mol. The van der Waals surface area contributed by atoms with Crippen LogP contribution < -0.4 is 5.32 Å². The van der Waals surface area contributed by atoms with Gasteiger partial charge in [-0.15, -0.1) is 0 Å². The lowest BCUT2D eigenvalue weighted by Crippen LogP contribution is -2.05. The van der Waals surface area contributed by atoms with Crippen LogP contribution in [0.15, 0.2) is 49.1 Å². The SMILES string of the molecule is Fc1ccc(F)c(CNc2ccn3ncc(-c4cn[nH]c4)c3n2)c1. The third-order valence-corrected chi connectivity index (χ3v) is 3.65. The van der Waals surface area contributed by atoms with Crippen molar-refractivity contribution in [2.75, 3.05) is 5.32 Å². The van der Waals surface area contributed by atoms with E-state index in [9.17, 15) is 8.78 Å². The van der Waals surface area contributed by atoms with E-state index in [1.807, 2.05) is 0 Å². The Kier molecular flexibility index (Phi) is 3.42. The van der Waals surface area contributed by atoms with Gasteiger partial charge in [-0.3, -0.25) is 5.10 Å². The molecule has 0 aliphatic carbocycles. The highest BCUT2D eigenvalue weighted by Gasteiger charge is 2.10. The fourth-order valence-corrected chi connectivity index (χ4v) is 2.43. The summed E-state index contributed by atoms with van der Waals surface area (Å²) in [5.74, 6) is -0.403. The number of rotatable bonds is 4. The third kappa shape index (κ3) is 2.58. The first-order chi connectivity index (χ1) is 11.7. The Morgan fingerprint density at radius 1 is 1.17 bits per heavy atom. The van der Waals surface area contributed by atoms with E-state index >= 15 is 0 Å². The highest BCUT2D eigenvalue weighted by Crippen LogP contribution is 2.23. The summed E-state index contributed by atoms with van der Waals surface area (Å²) in [7, 11) is 0. The fraction of sp³-hybridized carbons (Fsp3) is 0.0625. The van der Waals surface area contributed by atoms with Gasteiger partial charge in [0.1, 0.15) is 17.5 Å². The average molecular weight is 326 g/mol. The van der Waals surface area contributed by atoms with E-state index in [0.29, 0.717) is 11.5 Å². The van der Waals surface area contributed by atoms with E-state index in [1.165, 1.54) is 0 Å². The van der Waals surface area contributed by atoms with E-state index in [4.69, 9.17) is 0 Å². The topological polar surface area (TPSA) is 70.9 Å². The number of nitrogens with zero attached hydrogens (tertiary/aromatic N) is 4. The van der Waals surface area contributed by atoms with Gasteiger partial charge in [0.2, 0.25) is 0 Å². The molecule has 0 radical (unpaired) electrons. The number of nitrogens with one attached hydrogen (secondary N) is 2. The number of aromatic nitrogens is 5. The Hall–Kier alpha value is -3.29. The van der Waals surface area contributed by atoms with Crippen LogP contribution in [0.2, 0.25) is 0 Å². The van der Waals surface area contributed by atoms with Crippen molar-refractivity contribution in [2.24, 2.45) is 0 Å². The van der Waals surface area contributed by atoms with Crippen molar-refractivity contribution in [3.05, 3.63) is 66.3 Å². The van der Waals surface area contributed by atoms with E-state index < -0.39 is 11.6 Å². The highest BCUT2D eigenvalue weighted by molar-refractivity contribution is 5.76. The minimum absolute atomic E-state index is 0.127.